The van der Waals surface area contributed by atoms with Crippen LogP contribution >= 0.6 is 0 Å². The Morgan fingerprint density at radius 2 is 2.11 bits per heavy atom. The average Bonchev–Trinajstić information content (AvgIpc) is 2.86. The molecule has 0 spiro atoms. The van der Waals surface area contributed by atoms with E-state index < -0.39 is 0 Å². The van der Waals surface area contributed by atoms with Crippen LogP contribution in [0.5, 0.6) is 17.2 Å². The highest BCUT2D eigenvalue weighted by molar-refractivity contribution is 5.51. The lowest BCUT2D eigenvalue weighted by atomic mass is 10.1. The molecule has 19 heavy (non-hydrogen) atoms. The van der Waals surface area contributed by atoms with Gasteiger partial charge in [0.1, 0.15) is 5.75 Å². The average molecular weight is 267 g/mol. The number of ether oxygens (including phenoxy) is 3. The maximum atomic E-state index is 8.80. The molecule has 2 N–H and O–H groups in total. The van der Waals surface area contributed by atoms with Crippen molar-refractivity contribution >= 4 is 0 Å². The van der Waals surface area contributed by atoms with Crippen molar-refractivity contribution in [2.24, 2.45) is 0 Å². The van der Waals surface area contributed by atoms with Gasteiger partial charge in [-0.3, -0.25) is 0 Å². The van der Waals surface area contributed by atoms with E-state index >= 15 is 0 Å². The zero-order valence-electron chi connectivity index (χ0n) is 11.3. The number of aliphatic hydroxyl groups is 1. The molecule has 0 saturated heterocycles. The van der Waals surface area contributed by atoms with Gasteiger partial charge in [0, 0.05) is 31.2 Å². The zero-order valence-corrected chi connectivity index (χ0v) is 11.3. The molecule has 0 radical (unpaired) electrons. The maximum Gasteiger partial charge on any atom is 0.231 e. The molecule has 0 amide bonds. The van der Waals surface area contributed by atoms with Crippen LogP contribution in [0.3, 0.4) is 0 Å². The summed E-state index contributed by atoms with van der Waals surface area (Å²) < 4.78 is 16.4. The Balaban J connectivity index is 2.07. The van der Waals surface area contributed by atoms with Gasteiger partial charge in [-0.15, -0.1) is 0 Å². The predicted octanol–water partition coefficient (Wildman–Crippen LogP) is 1.68. The molecule has 1 aliphatic heterocycles. The summed E-state index contributed by atoms with van der Waals surface area (Å²) in [6, 6.07) is 3.82. The van der Waals surface area contributed by atoms with Gasteiger partial charge in [0.25, 0.3) is 0 Å². The summed E-state index contributed by atoms with van der Waals surface area (Å²) in [5.41, 5.74) is 1.05. The Labute approximate surface area is 113 Å². The molecule has 0 saturated carbocycles. The Kier molecular flexibility index (Phi) is 5.30. The molecular weight excluding hydrogens is 246 g/mol. The van der Waals surface area contributed by atoms with E-state index in [-0.39, 0.29) is 13.4 Å². The van der Waals surface area contributed by atoms with Crippen LogP contribution < -0.4 is 19.5 Å². The molecule has 0 fully saturated rings. The number of nitrogens with one attached hydrogen (secondary N) is 1. The monoisotopic (exact) mass is 267 g/mol. The van der Waals surface area contributed by atoms with Crippen LogP contribution in [0, 0.1) is 0 Å². The summed E-state index contributed by atoms with van der Waals surface area (Å²) in [5.74, 6) is 2.28. The fraction of sp³-hybridized carbons (Fsp3) is 0.571. The molecule has 2 rings (SSSR count). The molecular formula is C14H21NO4. The molecule has 0 aromatic heterocycles. The lowest BCUT2D eigenvalue weighted by Gasteiger charge is -2.13. The predicted molar refractivity (Wildman–Crippen MR) is 71.8 cm³/mol. The highest BCUT2D eigenvalue weighted by Crippen LogP contribution is 2.38. The lowest BCUT2D eigenvalue weighted by Crippen LogP contribution is -2.15. The van der Waals surface area contributed by atoms with E-state index in [0.29, 0.717) is 13.0 Å². The molecule has 106 valence electrons. The normalized spacial score (nSPS) is 12.7. The summed E-state index contributed by atoms with van der Waals surface area (Å²) in [4.78, 5) is 0. The van der Waals surface area contributed by atoms with Gasteiger partial charge >= 0.3 is 0 Å². The van der Waals surface area contributed by atoms with Crippen LogP contribution in [0.2, 0.25) is 0 Å². The number of aliphatic hydroxyl groups excluding tert-OH is 1. The van der Waals surface area contributed by atoms with E-state index in [2.05, 4.69) is 12.2 Å². The summed E-state index contributed by atoms with van der Waals surface area (Å²) >= 11 is 0. The van der Waals surface area contributed by atoms with Gasteiger partial charge < -0.3 is 24.6 Å². The van der Waals surface area contributed by atoms with Crippen molar-refractivity contribution in [1.29, 1.82) is 0 Å². The van der Waals surface area contributed by atoms with E-state index in [1.165, 1.54) is 0 Å². The molecule has 0 aliphatic carbocycles. The van der Waals surface area contributed by atoms with Crippen LogP contribution in [-0.4, -0.2) is 31.7 Å². The first-order valence-electron chi connectivity index (χ1n) is 6.72. The minimum absolute atomic E-state index is 0.133. The third-order valence-electron chi connectivity index (χ3n) is 2.86. The van der Waals surface area contributed by atoms with E-state index in [1.54, 1.807) is 0 Å². The zero-order chi connectivity index (χ0) is 13.5. The second-order valence-electron chi connectivity index (χ2n) is 4.42. The van der Waals surface area contributed by atoms with Gasteiger partial charge in [0.2, 0.25) is 6.79 Å². The molecule has 5 nitrogen and oxygen atoms in total. The van der Waals surface area contributed by atoms with Gasteiger partial charge in [-0.05, 0) is 19.0 Å². The van der Waals surface area contributed by atoms with Crippen molar-refractivity contribution in [1.82, 2.24) is 5.32 Å². The summed E-state index contributed by atoms with van der Waals surface area (Å²) in [6.45, 7) is 4.72. The molecule has 0 bridgehead atoms. The van der Waals surface area contributed by atoms with E-state index in [9.17, 15) is 0 Å². The molecule has 0 atom stereocenters. The van der Waals surface area contributed by atoms with E-state index in [1.807, 2.05) is 12.1 Å². The first-order valence-corrected chi connectivity index (χ1v) is 6.72. The van der Waals surface area contributed by atoms with Crippen LogP contribution in [0.1, 0.15) is 25.3 Å². The first kappa shape index (κ1) is 14.0. The number of hydrogen-bond donors (Lipinski definition) is 2. The SMILES string of the molecule is CCCNCc1cc2c(cc1OCCCO)OCO2. The summed E-state index contributed by atoms with van der Waals surface area (Å²) in [5, 5.41) is 12.2. The van der Waals surface area contributed by atoms with Crippen molar-refractivity contribution in [2.45, 2.75) is 26.3 Å². The van der Waals surface area contributed by atoms with E-state index in [0.717, 1.165) is 42.3 Å². The summed E-state index contributed by atoms with van der Waals surface area (Å²) in [6.07, 6.45) is 1.71. The highest BCUT2D eigenvalue weighted by atomic mass is 16.7. The molecule has 0 unspecified atom stereocenters. The third-order valence-corrected chi connectivity index (χ3v) is 2.86. The molecule has 5 heteroatoms. The minimum Gasteiger partial charge on any atom is -0.493 e. The maximum absolute atomic E-state index is 8.80. The third kappa shape index (κ3) is 3.75. The topological polar surface area (TPSA) is 60.0 Å². The Morgan fingerprint density at radius 3 is 2.84 bits per heavy atom. The van der Waals surface area contributed by atoms with Gasteiger partial charge in [0.05, 0.1) is 6.61 Å². The quantitative estimate of drug-likeness (QED) is 0.702. The lowest BCUT2D eigenvalue weighted by molar-refractivity contribution is 0.173. The Bertz CT molecular complexity index is 372. The molecule has 1 aromatic carbocycles. The smallest absolute Gasteiger partial charge is 0.231 e. The van der Waals surface area contributed by atoms with Crippen molar-refractivity contribution in [3.8, 4) is 17.2 Å². The van der Waals surface area contributed by atoms with Crippen molar-refractivity contribution in [3.05, 3.63) is 17.7 Å². The van der Waals surface area contributed by atoms with Crippen molar-refractivity contribution < 1.29 is 19.3 Å². The summed E-state index contributed by atoms with van der Waals surface area (Å²) in [7, 11) is 0. The van der Waals surface area contributed by atoms with E-state index in [4.69, 9.17) is 19.3 Å². The van der Waals surface area contributed by atoms with Gasteiger partial charge in [-0.25, -0.2) is 0 Å². The number of benzene rings is 1. The van der Waals surface area contributed by atoms with Crippen LogP contribution in [0.25, 0.3) is 0 Å². The second kappa shape index (κ2) is 7.21. The second-order valence-corrected chi connectivity index (χ2v) is 4.42. The largest absolute Gasteiger partial charge is 0.493 e. The molecule has 1 aliphatic rings. The number of rotatable bonds is 8. The molecule has 1 heterocycles. The van der Waals surface area contributed by atoms with Gasteiger partial charge in [-0.2, -0.15) is 0 Å². The Hall–Kier alpha value is -1.46. The van der Waals surface area contributed by atoms with Crippen LogP contribution in [-0.2, 0) is 6.54 Å². The highest BCUT2D eigenvalue weighted by Gasteiger charge is 2.17. The fourth-order valence-electron chi connectivity index (χ4n) is 1.88. The van der Waals surface area contributed by atoms with Crippen molar-refractivity contribution in [2.75, 3.05) is 26.6 Å². The van der Waals surface area contributed by atoms with Crippen molar-refractivity contribution in [3.63, 3.8) is 0 Å². The van der Waals surface area contributed by atoms with Crippen LogP contribution in [0.4, 0.5) is 0 Å². The van der Waals surface area contributed by atoms with Gasteiger partial charge in [-0.1, -0.05) is 6.92 Å². The Morgan fingerprint density at radius 1 is 1.32 bits per heavy atom. The van der Waals surface area contributed by atoms with Crippen LogP contribution in [0.15, 0.2) is 12.1 Å². The number of fused-ring (bicyclic) bond motifs is 1. The minimum atomic E-state index is 0.133. The fourth-order valence-corrected chi connectivity index (χ4v) is 1.88. The molecule has 1 aromatic rings. The first-order chi connectivity index (χ1) is 9.35. The number of hydrogen-bond acceptors (Lipinski definition) is 5. The standard InChI is InChI=1S/C14H21NO4/c1-2-4-15-9-11-7-13-14(19-10-18-13)8-12(11)17-6-3-5-16/h7-8,15-16H,2-6,9-10H2,1H3. The van der Waals surface area contributed by atoms with Gasteiger partial charge in [0.15, 0.2) is 11.5 Å².